The quantitative estimate of drug-likeness (QED) is 0.323. The maximum absolute atomic E-state index is 13.4. The molecule has 3 saturated heterocycles. The molecule has 39 heavy (non-hydrogen) atoms. The second-order valence-corrected chi connectivity index (χ2v) is 13.1. The summed E-state index contributed by atoms with van der Waals surface area (Å²) in [7, 11) is 3.99. The van der Waals surface area contributed by atoms with Crippen LogP contribution in [0.4, 0.5) is 5.69 Å². The summed E-state index contributed by atoms with van der Waals surface area (Å²) in [6, 6.07) is 8.01. The zero-order chi connectivity index (χ0) is 27.1. The van der Waals surface area contributed by atoms with E-state index >= 15 is 0 Å². The van der Waals surface area contributed by atoms with Crippen molar-refractivity contribution in [1.29, 1.82) is 0 Å². The van der Waals surface area contributed by atoms with E-state index in [9.17, 15) is 9.59 Å². The van der Waals surface area contributed by atoms with Crippen molar-refractivity contribution in [2.24, 2.45) is 17.3 Å². The second kappa shape index (κ2) is 7.33. The molecule has 8 heteroatoms. The number of carbonyl (C=O) groups is 2. The van der Waals surface area contributed by atoms with Crippen LogP contribution >= 0.6 is 0 Å². The van der Waals surface area contributed by atoms with Crippen LogP contribution in [0.3, 0.4) is 0 Å². The van der Waals surface area contributed by atoms with Gasteiger partial charge >= 0.3 is 11.9 Å². The molecule has 4 heterocycles. The van der Waals surface area contributed by atoms with Crippen molar-refractivity contribution in [3.63, 3.8) is 0 Å². The first-order valence-corrected chi connectivity index (χ1v) is 14.2. The van der Waals surface area contributed by atoms with Crippen LogP contribution in [-0.2, 0) is 33.3 Å². The van der Waals surface area contributed by atoms with Gasteiger partial charge in [-0.3, -0.25) is 0 Å². The van der Waals surface area contributed by atoms with E-state index in [1.165, 1.54) is 6.08 Å². The minimum atomic E-state index is -0.738. The Morgan fingerprint density at radius 1 is 1.13 bits per heavy atom. The van der Waals surface area contributed by atoms with Crippen molar-refractivity contribution in [3.8, 4) is 0 Å². The number of ether oxygens (including phenoxy) is 5. The summed E-state index contributed by atoms with van der Waals surface area (Å²) in [5.74, 6) is -0.310. The van der Waals surface area contributed by atoms with E-state index in [0.29, 0.717) is 13.0 Å². The average Bonchev–Trinajstić information content (AvgIpc) is 3.81. The molecule has 5 fully saturated rings. The van der Waals surface area contributed by atoms with Crippen molar-refractivity contribution < 1.29 is 33.3 Å². The number of fused-ring (bicyclic) bond motifs is 4. The maximum Gasteiger partial charge on any atom is 0.334 e. The Kier molecular flexibility index (Phi) is 4.54. The molecular weight excluding hydrogens is 498 g/mol. The molecule has 0 amide bonds. The van der Waals surface area contributed by atoms with E-state index in [1.807, 2.05) is 43.3 Å². The topological polar surface area (TPSA) is 93.4 Å². The number of anilines is 1. The van der Waals surface area contributed by atoms with Gasteiger partial charge in [-0.25, -0.2) is 9.59 Å². The van der Waals surface area contributed by atoms with Crippen LogP contribution in [0.15, 0.2) is 41.5 Å². The standard InChI is InChI=1S/C31H35NO7/c1-16(2)29-24(38-29)25-31(39-25)28(3)13-12-19-20(15-35-26(19)34)21(28)14-22-30(31,37-22)27(29)36-23(33)11-8-17-6-9-18(10-7-17)32(4)5/h6-11,16,21-22,24-25,27H,12-15H2,1-5H3/b11-8+/t21-,22-,24-,25-,27+,28-,29-,30+,31+/m0/s1. The highest BCUT2D eigenvalue weighted by Crippen LogP contribution is 2.83. The first-order valence-electron chi connectivity index (χ1n) is 14.2. The minimum Gasteiger partial charge on any atom is -0.458 e. The van der Waals surface area contributed by atoms with E-state index in [-0.39, 0.29) is 41.5 Å². The summed E-state index contributed by atoms with van der Waals surface area (Å²) < 4.78 is 31.8. The summed E-state index contributed by atoms with van der Waals surface area (Å²) in [6.07, 6.45) is 4.63. The first-order chi connectivity index (χ1) is 18.6. The molecule has 4 aliphatic heterocycles. The van der Waals surface area contributed by atoms with Crippen LogP contribution in [0.1, 0.15) is 45.6 Å². The van der Waals surface area contributed by atoms with Gasteiger partial charge in [0.05, 0.1) is 6.10 Å². The van der Waals surface area contributed by atoms with Gasteiger partial charge in [-0.2, -0.15) is 0 Å². The Bertz CT molecular complexity index is 1370. The first kappa shape index (κ1) is 24.1. The predicted octanol–water partition coefficient (Wildman–Crippen LogP) is 3.43. The van der Waals surface area contributed by atoms with Gasteiger partial charge < -0.3 is 28.6 Å². The third-order valence-corrected chi connectivity index (χ3v) is 11.1. The number of benzene rings is 1. The molecule has 0 aromatic heterocycles. The average molecular weight is 534 g/mol. The summed E-state index contributed by atoms with van der Waals surface area (Å²) in [5.41, 5.74) is 1.76. The molecule has 206 valence electrons. The molecule has 8 rings (SSSR count). The van der Waals surface area contributed by atoms with Gasteiger partial charge in [0.15, 0.2) is 11.7 Å². The summed E-state index contributed by atoms with van der Waals surface area (Å²) in [5, 5.41) is 0. The minimum absolute atomic E-state index is 0.0985. The highest BCUT2D eigenvalue weighted by atomic mass is 16.8. The predicted molar refractivity (Wildman–Crippen MR) is 141 cm³/mol. The third-order valence-electron chi connectivity index (χ3n) is 11.1. The Labute approximate surface area is 228 Å². The van der Waals surface area contributed by atoms with Gasteiger partial charge in [0.1, 0.15) is 30.0 Å². The van der Waals surface area contributed by atoms with Crippen molar-refractivity contribution in [3.05, 3.63) is 47.1 Å². The van der Waals surface area contributed by atoms with Crippen molar-refractivity contribution in [2.45, 2.75) is 81.3 Å². The van der Waals surface area contributed by atoms with Crippen LogP contribution in [0.25, 0.3) is 6.08 Å². The van der Waals surface area contributed by atoms with E-state index in [4.69, 9.17) is 23.7 Å². The summed E-state index contributed by atoms with van der Waals surface area (Å²) in [4.78, 5) is 27.8. The van der Waals surface area contributed by atoms with Crippen LogP contribution in [0.5, 0.6) is 0 Å². The number of cyclic esters (lactones) is 1. The number of esters is 2. The molecule has 0 N–H and O–H groups in total. The van der Waals surface area contributed by atoms with Crippen molar-refractivity contribution >= 4 is 23.7 Å². The molecule has 9 atom stereocenters. The number of rotatable bonds is 5. The third kappa shape index (κ3) is 2.71. The Morgan fingerprint density at radius 2 is 1.90 bits per heavy atom. The summed E-state index contributed by atoms with van der Waals surface area (Å²) in [6.45, 7) is 6.89. The highest BCUT2D eigenvalue weighted by Gasteiger charge is 3.01. The van der Waals surface area contributed by atoms with Gasteiger partial charge in [0.2, 0.25) is 0 Å². The van der Waals surface area contributed by atoms with Gasteiger partial charge in [-0.05, 0) is 60.4 Å². The monoisotopic (exact) mass is 533 g/mol. The highest BCUT2D eigenvalue weighted by molar-refractivity contribution is 5.92. The number of hydrogen-bond donors (Lipinski definition) is 0. The molecule has 2 spiro atoms. The van der Waals surface area contributed by atoms with Crippen molar-refractivity contribution in [1.82, 2.24) is 0 Å². The van der Waals surface area contributed by atoms with Gasteiger partial charge in [0.25, 0.3) is 0 Å². The largest absolute Gasteiger partial charge is 0.458 e. The Morgan fingerprint density at radius 3 is 2.62 bits per heavy atom. The number of epoxide rings is 3. The SMILES string of the molecule is CC(C)[C@]12O[C@H]1[C@@H]1O[C@]13[C@]1(O[C@H]1C[C@H]1C4=C(CC[C@@]13C)C(=O)OC4)[C@@H]2OC(=O)/C=C/c1ccc(N(C)C)cc1. The lowest BCUT2D eigenvalue weighted by atomic mass is 9.46. The fourth-order valence-corrected chi connectivity index (χ4v) is 9.05. The molecule has 3 aliphatic carbocycles. The molecule has 8 nitrogen and oxygen atoms in total. The van der Waals surface area contributed by atoms with Gasteiger partial charge in [-0.1, -0.05) is 32.9 Å². The second-order valence-electron chi connectivity index (χ2n) is 13.1. The lowest BCUT2D eigenvalue weighted by Crippen LogP contribution is -2.70. The fourth-order valence-electron chi connectivity index (χ4n) is 9.05. The number of nitrogens with zero attached hydrogens (tertiary/aromatic N) is 1. The Balaban J connectivity index is 1.13. The molecule has 1 aromatic carbocycles. The van der Waals surface area contributed by atoms with Crippen LogP contribution in [-0.4, -0.2) is 73.9 Å². The Hall–Kier alpha value is -2.68. The molecule has 7 aliphatic rings. The van der Waals surface area contributed by atoms with Gasteiger partial charge in [-0.15, -0.1) is 0 Å². The maximum atomic E-state index is 13.4. The van der Waals surface area contributed by atoms with E-state index in [1.54, 1.807) is 6.08 Å². The zero-order valence-electron chi connectivity index (χ0n) is 23.1. The summed E-state index contributed by atoms with van der Waals surface area (Å²) >= 11 is 0. The van der Waals surface area contributed by atoms with Crippen LogP contribution < -0.4 is 4.90 Å². The molecule has 0 radical (unpaired) electrons. The molecule has 0 bridgehead atoms. The van der Waals surface area contributed by atoms with E-state index in [2.05, 4.69) is 20.8 Å². The lowest BCUT2D eigenvalue weighted by molar-refractivity contribution is -0.163. The fraction of sp³-hybridized carbons (Fsp3) is 0.613. The zero-order valence-corrected chi connectivity index (χ0v) is 23.1. The van der Waals surface area contributed by atoms with Crippen LogP contribution in [0.2, 0.25) is 0 Å². The number of carbonyl (C=O) groups excluding carboxylic acids is 2. The normalized spacial score (nSPS) is 45.9. The van der Waals surface area contributed by atoms with E-state index < -0.39 is 28.9 Å². The lowest BCUT2D eigenvalue weighted by Gasteiger charge is -2.53. The number of hydrogen-bond acceptors (Lipinski definition) is 8. The van der Waals surface area contributed by atoms with Gasteiger partial charge in [0, 0.05) is 36.8 Å². The molecular formula is C31H35NO7. The van der Waals surface area contributed by atoms with Crippen molar-refractivity contribution in [2.75, 3.05) is 25.6 Å². The van der Waals surface area contributed by atoms with E-state index in [0.717, 1.165) is 35.2 Å². The molecule has 2 saturated carbocycles. The smallest absolute Gasteiger partial charge is 0.334 e. The van der Waals surface area contributed by atoms with Crippen LogP contribution in [0, 0.1) is 17.3 Å². The molecule has 1 aromatic rings. The molecule has 0 unspecified atom stereocenters.